The first kappa shape index (κ1) is 13.1. The number of hydrogen-bond acceptors (Lipinski definition) is 2. The first-order valence-corrected chi connectivity index (χ1v) is 7.42. The highest BCUT2D eigenvalue weighted by Crippen LogP contribution is 2.31. The molecule has 5 heteroatoms. The summed E-state index contributed by atoms with van der Waals surface area (Å²) in [4.78, 5) is 12.0. The van der Waals surface area contributed by atoms with Gasteiger partial charge in [0.05, 0.1) is 15.7 Å². The molecule has 0 radical (unpaired) electrons. The normalized spacial score (nSPS) is 16.8. The fourth-order valence-corrected chi connectivity index (χ4v) is 3.25. The molecule has 1 fully saturated rings. The van der Waals surface area contributed by atoms with Gasteiger partial charge in [-0.2, -0.15) is 11.8 Å². The van der Waals surface area contributed by atoms with E-state index in [1.165, 1.54) is 0 Å². The average Bonchev–Trinajstić information content (AvgIpc) is 2.36. The Labute approximate surface area is 115 Å². The Kier molecular flexibility index (Phi) is 4.60. The molecule has 1 saturated heterocycles. The molecular weight excluding hydrogens is 277 g/mol. The van der Waals surface area contributed by atoms with E-state index in [1.807, 2.05) is 11.8 Å². The Morgan fingerprint density at radius 3 is 2.71 bits per heavy atom. The second-order valence-electron chi connectivity index (χ2n) is 3.98. The number of hydrogen-bond donors (Lipinski definition) is 1. The lowest BCUT2D eigenvalue weighted by molar-refractivity contribution is -0.120. The molecule has 1 aromatic rings. The lowest BCUT2D eigenvalue weighted by Crippen LogP contribution is -2.26. The summed E-state index contributed by atoms with van der Waals surface area (Å²) >= 11 is 13.8. The highest BCUT2D eigenvalue weighted by molar-refractivity contribution is 7.99. The Balaban J connectivity index is 2.04. The van der Waals surface area contributed by atoms with E-state index in [1.54, 1.807) is 18.2 Å². The third-order valence-corrected chi connectivity index (χ3v) is 4.67. The number of anilines is 1. The van der Waals surface area contributed by atoms with Gasteiger partial charge in [-0.15, -0.1) is 0 Å². The first-order valence-electron chi connectivity index (χ1n) is 5.51. The van der Waals surface area contributed by atoms with E-state index < -0.39 is 0 Å². The number of carbonyl (C=O) groups excluding carboxylic acids is 1. The summed E-state index contributed by atoms with van der Waals surface area (Å²) in [5, 5.41) is 3.73. The van der Waals surface area contributed by atoms with E-state index in [9.17, 15) is 4.79 Å². The Bertz CT molecular complexity index is 419. The molecule has 92 valence electrons. The van der Waals surface area contributed by atoms with Gasteiger partial charge >= 0.3 is 0 Å². The predicted molar refractivity (Wildman–Crippen MR) is 75.1 cm³/mol. The van der Waals surface area contributed by atoms with Crippen LogP contribution in [0.1, 0.15) is 12.8 Å². The van der Waals surface area contributed by atoms with Crippen molar-refractivity contribution in [3.63, 3.8) is 0 Å². The summed E-state index contributed by atoms with van der Waals surface area (Å²) in [6.07, 6.45) is 1.88. The molecule has 2 rings (SSSR count). The predicted octanol–water partition coefficient (Wildman–Crippen LogP) is 4.08. The fourth-order valence-electron chi connectivity index (χ4n) is 1.79. The Morgan fingerprint density at radius 2 is 2.00 bits per heavy atom. The lowest BCUT2D eigenvalue weighted by atomic mass is 10.0. The van der Waals surface area contributed by atoms with Gasteiger partial charge in [-0.05, 0) is 36.5 Å². The third-order valence-electron chi connectivity index (χ3n) is 2.80. The minimum absolute atomic E-state index is 0.0504. The van der Waals surface area contributed by atoms with Crippen molar-refractivity contribution in [3.05, 3.63) is 28.2 Å². The van der Waals surface area contributed by atoms with E-state index in [2.05, 4.69) is 5.32 Å². The van der Waals surface area contributed by atoms with Crippen molar-refractivity contribution in [2.24, 2.45) is 5.92 Å². The number of halogens is 2. The van der Waals surface area contributed by atoms with Crippen LogP contribution in [0.5, 0.6) is 0 Å². The monoisotopic (exact) mass is 289 g/mol. The quantitative estimate of drug-likeness (QED) is 0.889. The smallest absolute Gasteiger partial charge is 0.227 e. The Hall–Kier alpha value is -0.380. The van der Waals surface area contributed by atoms with Crippen LogP contribution in [0.3, 0.4) is 0 Å². The summed E-state index contributed by atoms with van der Waals surface area (Å²) in [5.74, 6) is 2.27. The standard InChI is InChI=1S/C12H13Cl2NOS/c13-9-2-1-3-10(11(9)14)15-12(16)8-4-6-17-7-5-8/h1-3,8H,4-7H2,(H,15,16). The van der Waals surface area contributed by atoms with Crippen molar-refractivity contribution >= 4 is 46.6 Å². The molecule has 1 amide bonds. The highest BCUT2D eigenvalue weighted by Gasteiger charge is 2.22. The number of benzene rings is 1. The molecule has 2 nitrogen and oxygen atoms in total. The van der Waals surface area contributed by atoms with Crippen molar-refractivity contribution < 1.29 is 4.79 Å². The maximum Gasteiger partial charge on any atom is 0.227 e. The van der Waals surface area contributed by atoms with Gasteiger partial charge in [0.2, 0.25) is 5.91 Å². The van der Waals surface area contributed by atoms with E-state index in [4.69, 9.17) is 23.2 Å². The SMILES string of the molecule is O=C(Nc1cccc(Cl)c1Cl)C1CCSCC1. The van der Waals surface area contributed by atoms with Crippen molar-refractivity contribution in [2.45, 2.75) is 12.8 Å². The second-order valence-corrected chi connectivity index (χ2v) is 5.99. The average molecular weight is 290 g/mol. The van der Waals surface area contributed by atoms with E-state index in [0.29, 0.717) is 15.7 Å². The molecule has 0 saturated carbocycles. The molecule has 1 aliphatic rings. The van der Waals surface area contributed by atoms with Crippen LogP contribution in [0.2, 0.25) is 10.0 Å². The van der Waals surface area contributed by atoms with Crippen LogP contribution in [0, 0.1) is 5.92 Å². The summed E-state index contributed by atoms with van der Waals surface area (Å²) in [7, 11) is 0. The van der Waals surface area contributed by atoms with Gasteiger partial charge in [0.25, 0.3) is 0 Å². The number of nitrogens with one attached hydrogen (secondary N) is 1. The maximum atomic E-state index is 12.0. The van der Waals surface area contributed by atoms with Crippen molar-refractivity contribution in [1.29, 1.82) is 0 Å². The molecule has 0 bridgehead atoms. The molecule has 0 atom stereocenters. The van der Waals surface area contributed by atoms with E-state index in [0.717, 1.165) is 24.3 Å². The molecule has 0 aromatic heterocycles. The number of thioether (sulfide) groups is 1. The van der Waals surface area contributed by atoms with E-state index in [-0.39, 0.29) is 11.8 Å². The molecule has 0 aliphatic carbocycles. The van der Waals surface area contributed by atoms with Crippen molar-refractivity contribution in [2.75, 3.05) is 16.8 Å². The van der Waals surface area contributed by atoms with Crippen LogP contribution in [-0.2, 0) is 4.79 Å². The van der Waals surface area contributed by atoms with Crippen LogP contribution in [0.4, 0.5) is 5.69 Å². The van der Waals surface area contributed by atoms with Crippen LogP contribution < -0.4 is 5.32 Å². The number of amides is 1. The molecular formula is C12H13Cl2NOS. The van der Waals surface area contributed by atoms with Gasteiger partial charge in [0.1, 0.15) is 0 Å². The topological polar surface area (TPSA) is 29.1 Å². The van der Waals surface area contributed by atoms with Crippen LogP contribution in [-0.4, -0.2) is 17.4 Å². The molecule has 17 heavy (non-hydrogen) atoms. The van der Waals surface area contributed by atoms with Crippen molar-refractivity contribution in [3.8, 4) is 0 Å². The van der Waals surface area contributed by atoms with Crippen LogP contribution in [0.15, 0.2) is 18.2 Å². The number of rotatable bonds is 2. The highest BCUT2D eigenvalue weighted by atomic mass is 35.5. The number of carbonyl (C=O) groups is 1. The lowest BCUT2D eigenvalue weighted by Gasteiger charge is -2.20. The second kappa shape index (κ2) is 5.98. The minimum atomic E-state index is 0.0504. The Morgan fingerprint density at radius 1 is 1.29 bits per heavy atom. The molecule has 1 aliphatic heterocycles. The van der Waals surface area contributed by atoms with Gasteiger partial charge in [0.15, 0.2) is 0 Å². The summed E-state index contributed by atoms with van der Waals surface area (Å²) < 4.78 is 0. The molecule has 0 unspecified atom stereocenters. The maximum absolute atomic E-state index is 12.0. The zero-order valence-corrected chi connectivity index (χ0v) is 11.5. The molecule has 0 spiro atoms. The first-order chi connectivity index (χ1) is 8.18. The summed E-state index contributed by atoms with van der Waals surface area (Å²) in [6, 6.07) is 5.25. The van der Waals surface area contributed by atoms with Gasteiger partial charge in [-0.1, -0.05) is 29.3 Å². The van der Waals surface area contributed by atoms with Gasteiger partial charge in [-0.3, -0.25) is 4.79 Å². The molecule has 1 heterocycles. The van der Waals surface area contributed by atoms with Gasteiger partial charge in [0, 0.05) is 5.92 Å². The van der Waals surface area contributed by atoms with Crippen molar-refractivity contribution in [1.82, 2.24) is 0 Å². The third kappa shape index (κ3) is 3.30. The largest absolute Gasteiger partial charge is 0.324 e. The molecule has 1 aromatic carbocycles. The zero-order valence-electron chi connectivity index (χ0n) is 9.21. The summed E-state index contributed by atoms with van der Waals surface area (Å²) in [6.45, 7) is 0. The minimum Gasteiger partial charge on any atom is -0.324 e. The van der Waals surface area contributed by atoms with Crippen LogP contribution in [0.25, 0.3) is 0 Å². The van der Waals surface area contributed by atoms with Crippen LogP contribution >= 0.6 is 35.0 Å². The van der Waals surface area contributed by atoms with Gasteiger partial charge < -0.3 is 5.32 Å². The van der Waals surface area contributed by atoms with E-state index >= 15 is 0 Å². The van der Waals surface area contributed by atoms with Gasteiger partial charge in [-0.25, -0.2) is 0 Å². The zero-order chi connectivity index (χ0) is 12.3. The fraction of sp³-hybridized carbons (Fsp3) is 0.417. The summed E-state index contributed by atoms with van der Waals surface area (Å²) in [5.41, 5.74) is 0.599. The molecule has 1 N–H and O–H groups in total.